The van der Waals surface area contributed by atoms with Gasteiger partial charge >= 0.3 is 0 Å². The summed E-state index contributed by atoms with van der Waals surface area (Å²) < 4.78 is 23.4. The van der Waals surface area contributed by atoms with Gasteiger partial charge in [0.15, 0.2) is 0 Å². The van der Waals surface area contributed by atoms with Crippen LogP contribution in [0.4, 0.5) is 11.4 Å². The highest BCUT2D eigenvalue weighted by atomic mass is 32.1. The molecule has 236 valence electrons. The molecule has 1 atom stereocenters. The van der Waals surface area contributed by atoms with Gasteiger partial charge in [0.25, 0.3) is 0 Å². The first-order chi connectivity index (χ1) is 22.2. The molecule has 9 nitrogen and oxygen atoms in total. The van der Waals surface area contributed by atoms with Crippen molar-refractivity contribution in [2.75, 3.05) is 56.4 Å². The highest BCUT2D eigenvalue weighted by molar-refractivity contribution is 7.07. The number of nitrogens with zero attached hydrogens (tertiary/aromatic N) is 3. The molecule has 0 aliphatic carbocycles. The predicted molar refractivity (Wildman–Crippen MR) is 177 cm³/mol. The van der Waals surface area contributed by atoms with Crippen molar-refractivity contribution in [1.29, 1.82) is 0 Å². The van der Waals surface area contributed by atoms with Crippen molar-refractivity contribution < 1.29 is 23.7 Å². The third kappa shape index (κ3) is 7.94. The van der Waals surface area contributed by atoms with E-state index in [4.69, 9.17) is 18.9 Å². The number of para-hydroxylation sites is 1. The van der Waals surface area contributed by atoms with Crippen LogP contribution in [0.3, 0.4) is 0 Å². The van der Waals surface area contributed by atoms with Gasteiger partial charge in [-0.05, 0) is 54.8 Å². The van der Waals surface area contributed by atoms with Crippen molar-refractivity contribution >= 4 is 28.6 Å². The molecule has 0 radical (unpaired) electrons. The van der Waals surface area contributed by atoms with E-state index in [1.165, 1.54) is 11.3 Å². The topological polar surface area (TPSA) is 85.4 Å². The maximum absolute atomic E-state index is 13.0. The van der Waals surface area contributed by atoms with Gasteiger partial charge in [0, 0.05) is 47.9 Å². The smallest absolute Gasteiger partial charge is 0.241 e. The van der Waals surface area contributed by atoms with Crippen LogP contribution in [0.5, 0.6) is 17.2 Å². The summed E-state index contributed by atoms with van der Waals surface area (Å²) in [7, 11) is 1.67. The molecule has 1 aromatic heterocycles. The van der Waals surface area contributed by atoms with Crippen LogP contribution in [-0.4, -0.2) is 63.5 Å². The summed E-state index contributed by atoms with van der Waals surface area (Å²) in [5, 5.41) is 5.35. The zero-order valence-electron chi connectivity index (χ0n) is 25.7. The lowest BCUT2D eigenvalue weighted by Crippen LogP contribution is -2.57. The van der Waals surface area contributed by atoms with Crippen LogP contribution in [-0.2, 0) is 29.1 Å². The molecule has 3 heterocycles. The van der Waals surface area contributed by atoms with Crippen molar-refractivity contribution in [3.05, 3.63) is 94.4 Å². The number of anilines is 2. The first kappa shape index (κ1) is 30.9. The van der Waals surface area contributed by atoms with Gasteiger partial charge in [-0.2, -0.15) is 0 Å². The Morgan fingerprint density at radius 2 is 1.89 bits per heavy atom. The highest BCUT2D eigenvalue weighted by Crippen LogP contribution is 2.32. The van der Waals surface area contributed by atoms with Crippen LogP contribution in [0, 0.1) is 0 Å². The second kappa shape index (κ2) is 15.2. The van der Waals surface area contributed by atoms with Gasteiger partial charge in [-0.3, -0.25) is 4.79 Å². The van der Waals surface area contributed by atoms with Crippen molar-refractivity contribution in [3.8, 4) is 17.2 Å². The van der Waals surface area contributed by atoms with Crippen LogP contribution < -0.4 is 29.3 Å². The molecule has 0 saturated carbocycles. The Bertz CT molecular complexity index is 1530. The van der Waals surface area contributed by atoms with E-state index in [0.29, 0.717) is 39.5 Å². The average molecular weight is 629 g/mol. The lowest BCUT2D eigenvalue weighted by atomic mass is 10.0. The van der Waals surface area contributed by atoms with E-state index in [1.54, 1.807) is 18.4 Å². The number of fused-ring (bicyclic) bond motifs is 1. The molecule has 1 N–H and O–H groups in total. The first-order valence-electron chi connectivity index (χ1n) is 15.5. The molecule has 10 heteroatoms. The minimum absolute atomic E-state index is 0.0237. The van der Waals surface area contributed by atoms with Gasteiger partial charge in [-0.15, -0.1) is 11.3 Å². The van der Waals surface area contributed by atoms with Crippen molar-refractivity contribution in [3.63, 3.8) is 0 Å². The first-order valence-corrected chi connectivity index (χ1v) is 16.5. The summed E-state index contributed by atoms with van der Waals surface area (Å²) in [6, 6.07) is 21.8. The zero-order valence-corrected chi connectivity index (χ0v) is 26.5. The molecule has 0 bridgehead atoms. The fraction of sp³-hybridized carbons (Fsp3) is 0.371. The quantitative estimate of drug-likeness (QED) is 0.184. The predicted octanol–water partition coefficient (Wildman–Crippen LogP) is 5.47. The van der Waals surface area contributed by atoms with Gasteiger partial charge < -0.3 is 34.1 Å². The number of carbonyl (C=O) groups is 1. The number of hydrogen-bond acceptors (Lipinski definition) is 9. The molecule has 4 aromatic rings. The molecule has 1 unspecified atom stereocenters. The second-order valence-corrected chi connectivity index (χ2v) is 11.9. The molecule has 3 aromatic carbocycles. The van der Waals surface area contributed by atoms with Crippen LogP contribution in [0.25, 0.3) is 0 Å². The number of aryl methyl sites for hydroxylation is 1. The van der Waals surface area contributed by atoms with Gasteiger partial charge in [0.2, 0.25) is 5.91 Å². The van der Waals surface area contributed by atoms with Crippen LogP contribution >= 0.6 is 11.3 Å². The maximum Gasteiger partial charge on any atom is 0.241 e. The molecule has 0 spiro atoms. The molecule has 2 aliphatic heterocycles. The van der Waals surface area contributed by atoms with Crippen molar-refractivity contribution in [1.82, 2.24) is 10.3 Å². The van der Waals surface area contributed by atoms with E-state index in [2.05, 4.69) is 32.7 Å². The second-order valence-electron chi connectivity index (χ2n) is 11.2. The van der Waals surface area contributed by atoms with E-state index >= 15 is 0 Å². The van der Waals surface area contributed by atoms with E-state index < -0.39 is 0 Å². The molecule has 1 saturated heterocycles. The molecular weight excluding hydrogens is 588 g/mol. The summed E-state index contributed by atoms with van der Waals surface area (Å²) in [5.41, 5.74) is 7.38. The molecule has 1 amide bonds. The van der Waals surface area contributed by atoms with Crippen molar-refractivity contribution in [2.24, 2.45) is 0 Å². The van der Waals surface area contributed by atoms with E-state index in [-0.39, 0.29) is 11.9 Å². The number of methoxy groups -OCH3 is 1. The standard InChI is InChI=1S/C35H40N4O5S/c1-41-34-8-3-2-6-27(34)22-42-16-5-17-43-31-13-10-29(11-14-31)39-30(19-36-20-35(39)40)23-44-32-12-9-26-7-4-15-38(33(26)18-32)21-28-24-45-25-37-28/h2-3,6,8-14,18,24-25,30,36H,4-5,7,15-17,19-23H2,1H3. The molecule has 1 fully saturated rings. The van der Waals surface area contributed by atoms with E-state index in [0.717, 1.165) is 66.5 Å². The third-order valence-electron chi connectivity index (χ3n) is 8.11. The van der Waals surface area contributed by atoms with Crippen LogP contribution in [0.1, 0.15) is 29.7 Å². The van der Waals surface area contributed by atoms with Gasteiger partial charge in [0.05, 0.1) is 57.3 Å². The SMILES string of the molecule is COc1ccccc1COCCCOc1ccc(N2C(=O)CNCC2COc2ccc3c(c2)N(Cc2cscn2)CCC3)cc1. The van der Waals surface area contributed by atoms with Crippen molar-refractivity contribution in [2.45, 2.75) is 38.5 Å². The molecule has 2 aliphatic rings. The van der Waals surface area contributed by atoms with Gasteiger partial charge in [-0.1, -0.05) is 24.3 Å². The summed E-state index contributed by atoms with van der Waals surface area (Å²) in [4.78, 5) is 21.8. The van der Waals surface area contributed by atoms with Crippen LogP contribution in [0.2, 0.25) is 0 Å². The molecule has 45 heavy (non-hydrogen) atoms. The summed E-state index contributed by atoms with van der Waals surface area (Å²) in [5.74, 6) is 2.43. The number of aromatic nitrogens is 1. The average Bonchev–Trinajstić information content (AvgIpc) is 3.59. The zero-order chi connectivity index (χ0) is 30.8. The number of thiazole rings is 1. The number of benzene rings is 3. The Balaban J connectivity index is 1.01. The summed E-state index contributed by atoms with van der Waals surface area (Å²) in [6.45, 7) is 4.76. The fourth-order valence-corrected chi connectivity index (χ4v) is 6.41. The highest BCUT2D eigenvalue weighted by Gasteiger charge is 2.30. The number of nitrogens with one attached hydrogen (secondary N) is 1. The van der Waals surface area contributed by atoms with Crippen LogP contribution in [0.15, 0.2) is 77.6 Å². The Labute approximate surface area is 268 Å². The summed E-state index contributed by atoms with van der Waals surface area (Å²) >= 11 is 1.63. The summed E-state index contributed by atoms with van der Waals surface area (Å²) in [6.07, 6.45) is 2.96. The lowest BCUT2D eigenvalue weighted by molar-refractivity contribution is -0.119. The Hall–Kier alpha value is -4.12. The number of ether oxygens (including phenoxy) is 4. The van der Waals surface area contributed by atoms with E-state index in [9.17, 15) is 4.79 Å². The van der Waals surface area contributed by atoms with Gasteiger partial charge in [-0.25, -0.2) is 4.98 Å². The Morgan fingerprint density at radius 3 is 2.73 bits per heavy atom. The monoisotopic (exact) mass is 628 g/mol. The Kier molecular flexibility index (Phi) is 10.5. The lowest BCUT2D eigenvalue weighted by Gasteiger charge is -2.36. The molecular formula is C35H40N4O5S. The number of carbonyl (C=O) groups excluding carboxylic acids is 1. The number of amides is 1. The minimum atomic E-state index is -0.138. The van der Waals surface area contributed by atoms with Gasteiger partial charge in [0.1, 0.15) is 23.9 Å². The third-order valence-corrected chi connectivity index (χ3v) is 8.74. The molecule has 6 rings (SSSR count). The maximum atomic E-state index is 13.0. The largest absolute Gasteiger partial charge is 0.496 e. The minimum Gasteiger partial charge on any atom is -0.496 e. The fourth-order valence-electron chi connectivity index (χ4n) is 5.86. The van der Waals surface area contributed by atoms with E-state index in [1.807, 2.05) is 65.0 Å². The Morgan fingerprint density at radius 1 is 1.02 bits per heavy atom. The normalized spacial score (nSPS) is 16.4. The number of piperazine rings is 1. The number of hydrogen-bond donors (Lipinski definition) is 1. The number of rotatable bonds is 14.